The van der Waals surface area contributed by atoms with Crippen molar-refractivity contribution in [1.82, 2.24) is 0 Å². The van der Waals surface area contributed by atoms with Crippen LogP contribution in [0.5, 0.6) is 0 Å². The van der Waals surface area contributed by atoms with E-state index in [1.54, 1.807) is 0 Å². The fourth-order valence-corrected chi connectivity index (χ4v) is 9.57. The average molecular weight is 720 g/mol. The second kappa shape index (κ2) is 14.5. The third-order valence-electron chi connectivity index (χ3n) is 9.22. The lowest BCUT2D eigenvalue weighted by Crippen LogP contribution is -2.09. The average Bonchev–Trinajstić information content (AvgIpc) is 4.03. The molecule has 0 atom stereocenters. The Bertz CT molecular complexity index is 2240. The summed E-state index contributed by atoms with van der Waals surface area (Å²) in [7, 11) is 0. The zero-order valence-electron chi connectivity index (χ0n) is 28.2. The van der Waals surface area contributed by atoms with E-state index >= 15 is 0 Å². The summed E-state index contributed by atoms with van der Waals surface area (Å²) in [6.45, 7) is 0. The van der Waals surface area contributed by atoms with Gasteiger partial charge in [0.25, 0.3) is 0 Å². The number of nitrogens with zero attached hydrogens (tertiary/aromatic N) is 1. The fourth-order valence-electron chi connectivity index (χ4n) is 6.52. The van der Waals surface area contributed by atoms with Gasteiger partial charge in [0, 0.05) is 46.3 Å². The predicted octanol–water partition coefficient (Wildman–Crippen LogP) is 15.3. The standard InChI is InChI=1S/C48H33NS3/c1-4-10-34(11-5-1)43-28-31-46(50-43)37-16-22-40(23-17-37)49(41-24-18-38(19-25-41)47-32-29-44(51-47)35-12-6-2-7-13-35)42-26-20-39(21-27-42)48-33-30-45(52-48)36-14-8-3-9-15-36/h1-33H. The molecule has 0 fully saturated rings. The van der Waals surface area contributed by atoms with Crippen LogP contribution in [0.25, 0.3) is 62.6 Å². The molecule has 0 bridgehead atoms. The van der Waals surface area contributed by atoms with E-state index in [2.05, 4.69) is 205 Å². The van der Waals surface area contributed by atoms with Gasteiger partial charge in [-0.1, -0.05) is 127 Å². The van der Waals surface area contributed by atoms with Crippen molar-refractivity contribution in [2.45, 2.75) is 0 Å². The van der Waals surface area contributed by atoms with Crippen molar-refractivity contribution in [3.8, 4) is 62.6 Å². The van der Waals surface area contributed by atoms with Crippen LogP contribution in [0.4, 0.5) is 17.1 Å². The van der Waals surface area contributed by atoms with Gasteiger partial charge < -0.3 is 4.90 Å². The highest BCUT2D eigenvalue weighted by Crippen LogP contribution is 2.42. The van der Waals surface area contributed by atoms with E-state index < -0.39 is 0 Å². The highest BCUT2D eigenvalue weighted by molar-refractivity contribution is 7.19. The van der Waals surface area contributed by atoms with Gasteiger partial charge in [0.1, 0.15) is 0 Å². The SMILES string of the molecule is c1ccc(-c2ccc(-c3ccc(N(c4ccc(-c5ccc(-c6ccccc6)s5)cc4)c4ccc(-c5ccc(-c6ccccc6)s5)cc4)cc3)s2)cc1. The van der Waals surface area contributed by atoms with Gasteiger partial charge >= 0.3 is 0 Å². The van der Waals surface area contributed by atoms with Gasteiger partial charge in [-0.2, -0.15) is 0 Å². The molecule has 0 spiro atoms. The van der Waals surface area contributed by atoms with Crippen LogP contribution in [0.1, 0.15) is 0 Å². The maximum absolute atomic E-state index is 2.36. The van der Waals surface area contributed by atoms with E-state index in [1.807, 2.05) is 34.0 Å². The summed E-state index contributed by atoms with van der Waals surface area (Å²) >= 11 is 5.50. The van der Waals surface area contributed by atoms with E-state index in [4.69, 9.17) is 0 Å². The Morgan fingerprint density at radius 1 is 0.212 bits per heavy atom. The zero-order chi connectivity index (χ0) is 34.7. The maximum Gasteiger partial charge on any atom is 0.0462 e. The highest BCUT2D eigenvalue weighted by atomic mass is 32.1. The number of hydrogen-bond acceptors (Lipinski definition) is 4. The molecule has 0 N–H and O–H groups in total. The number of hydrogen-bond donors (Lipinski definition) is 0. The lowest BCUT2D eigenvalue weighted by Gasteiger charge is -2.26. The van der Waals surface area contributed by atoms with Crippen molar-refractivity contribution < 1.29 is 0 Å². The lowest BCUT2D eigenvalue weighted by molar-refractivity contribution is 1.28. The molecular weight excluding hydrogens is 687 g/mol. The molecule has 9 rings (SSSR count). The van der Waals surface area contributed by atoms with Crippen LogP contribution in [0.15, 0.2) is 200 Å². The van der Waals surface area contributed by atoms with Crippen molar-refractivity contribution in [2.24, 2.45) is 0 Å². The Morgan fingerprint density at radius 2 is 0.423 bits per heavy atom. The van der Waals surface area contributed by atoms with E-state index in [0.717, 1.165) is 17.1 Å². The third-order valence-corrected chi connectivity index (χ3v) is 12.8. The monoisotopic (exact) mass is 719 g/mol. The first-order valence-corrected chi connectivity index (χ1v) is 19.8. The Morgan fingerprint density at radius 3 is 0.654 bits per heavy atom. The summed E-state index contributed by atoms with van der Waals surface area (Å²) in [5.74, 6) is 0. The summed E-state index contributed by atoms with van der Waals surface area (Å²) in [4.78, 5) is 10.0. The molecule has 0 aliphatic rings. The van der Waals surface area contributed by atoms with Crippen molar-refractivity contribution in [1.29, 1.82) is 0 Å². The Balaban J connectivity index is 1.04. The van der Waals surface area contributed by atoms with E-state index in [1.165, 1.54) is 62.6 Å². The molecule has 9 aromatic rings. The minimum Gasteiger partial charge on any atom is -0.311 e. The van der Waals surface area contributed by atoms with Gasteiger partial charge in [0.2, 0.25) is 0 Å². The van der Waals surface area contributed by atoms with Gasteiger partial charge in [-0.15, -0.1) is 34.0 Å². The Labute approximate surface area is 317 Å². The summed E-state index contributed by atoms with van der Waals surface area (Å²) in [5, 5.41) is 0. The molecule has 3 heterocycles. The van der Waals surface area contributed by atoms with Gasteiger partial charge in [0.15, 0.2) is 0 Å². The van der Waals surface area contributed by atoms with Crippen LogP contribution in [0.3, 0.4) is 0 Å². The molecule has 0 amide bonds. The van der Waals surface area contributed by atoms with Gasteiger partial charge in [-0.25, -0.2) is 0 Å². The fraction of sp³-hybridized carbons (Fsp3) is 0. The number of rotatable bonds is 9. The van der Waals surface area contributed by atoms with E-state index in [0.29, 0.717) is 0 Å². The summed E-state index contributed by atoms with van der Waals surface area (Å²) < 4.78 is 0. The number of thiophene rings is 3. The molecular formula is C48H33NS3. The van der Waals surface area contributed by atoms with Crippen LogP contribution in [-0.2, 0) is 0 Å². The predicted molar refractivity (Wildman–Crippen MR) is 227 cm³/mol. The van der Waals surface area contributed by atoms with Crippen LogP contribution < -0.4 is 4.90 Å². The van der Waals surface area contributed by atoms with Crippen LogP contribution in [0, 0.1) is 0 Å². The molecule has 3 aromatic heterocycles. The molecule has 1 nitrogen and oxygen atoms in total. The first kappa shape index (κ1) is 32.1. The van der Waals surface area contributed by atoms with Crippen LogP contribution in [-0.4, -0.2) is 0 Å². The molecule has 0 unspecified atom stereocenters. The second-order valence-electron chi connectivity index (χ2n) is 12.6. The van der Waals surface area contributed by atoms with Gasteiger partial charge in [0.05, 0.1) is 0 Å². The first-order chi connectivity index (χ1) is 25.7. The van der Waals surface area contributed by atoms with Gasteiger partial charge in [-0.3, -0.25) is 0 Å². The summed E-state index contributed by atoms with van der Waals surface area (Å²) in [6.07, 6.45) is 0. The topological polar surface area (TPSA) is 3.24 Å². The smallest absolute Gasteiger partial charge is 0.0462 e. The Hall–Kier alpha value is -5.78. The van der Waals surface area contributed by atoms with Crippen LogP contribution in [0.2, 0.25) is 0 Å². The normalized spacial score (nSPS) is 11.1. The second-order valence-corrected chi connectivity index (χ2v) is 15.8. The molecule has 248 valence electrons. The molecule has 6 aromatic carbocycles. The summed E-state index contributed by atoms with van der Waals surface area (Å²) in [5.41, 5.74) is 10.8. The molecule has 0 saturated carbocycles. The first-order valence-electron chi connectivity index (χ1n) is 17.3. The summed E-state index contributed by atoms with van der Waals surface area (Å²) in [6, 6.07) is 72.2. The molecule has 0 aliphatic carbocycles. The minimum absolute atomic E-state index is 1.12. The quantitative estimate of drug-likeness (QED) is 0.144. The maximum atomic E-state index is 2.36. The zero-order valence-corrected chi connectivity index (χ0v) is 30.7. The van der Waals surface area contributed by atoms with E-state index in [9.17, 15) is 0 Å². The largest absolute Gasteiger partial charge is 0.311 e. The van der Waals surface area contributed by atoms with Crippen LogP contribution >= 0.6 is 34.0 Å². The number of benzene rings is 6. The van der Waals surface area contributed by atoms with Crippen molar-refractivity contribution in [3.63, 3.8) is 0 Å². The Kier molecular flexibility index (Phi) is 8.94. The molecule has 4 heteroatoms. The third kappa shape index (κ3) is 6.68. The number of anilines is 3. The van der Waals surface area contributed by atoms with E-state index in [-0.39, 0.29) is 0 Å². The molecule has 52 heavy (non-hydrogen) atoms. The molecule has 0 radical (unpaired) electrons. The van der Waals surface area contributed by atoms with Gasteiger partial charge in [-0.05, 0) is 106 Å². The molecule has 0 saturated heterocycles. The highest BCUT2D eigenvalue weighted by Gasteiger charge is 2.15. The minimum atomic E-state index is 1.12. The van der Waals surface area contributed by atoms with Crippen molar-refractivity contribution in [2.75, 3.05) is 4.90 Å². The van der Waals surface area contributed by atoms with Crippen molar-refractivity contribution in [3.05, 3.63) is 200 Å². The van der Waals surface area contributed by atoms with Crippen molar-refractivity contribution >= 4 is 51.1 Å². The molecule has 0 aliphatic heterocycles. The lowest BCUT2D eigenvalue weighted by atomic mass is 10.1.